The van der Waals surface area contributed by atoms with Crippen molar-refractivity contribution < 1.29 is 9.66 Å². The van der Waals surface area contributed by atoms with Gasteiger partial charge in [0.1, 0.15) is 0 Å². The Hall–Kier alpha value is -1.42. The number of nitro benzene ring substituents is 1. The Kier molecular flexibility index (Phi) is 8.24. The van der Waals surface area contributed by atoms with E-state index in [0.29, 0.717) is 18.0 Å². The lowest BCUT2D eigenvalue weighted by molar-refractivity contribution is -0.385. The van der Waals surface area contributed by atoms with Gasteiger partial charge in [0.05, 0.1) is 11.5 Å². The van der Waals surface area contributed by atoms with Crippen LogP contribution in [0.5, 0.6) is 0 Å². The highest BCUT2D eigenvalue weighted by Crippen LogP contribution is 2.19. The van der Waals surface area contributed by atoms with E-state index < -0.39 is 0 Å². The minimum absolute atomic E-state index is 0. The summed E-state index contributed by atoms with van der Waals surface area (Å²) in [5, 5.41) is 14.2. The van der Waals surface area contributed by atoms with Gasteiger partial charge in [0.15, 0.2) is 5.96 Å². The second kappa shape index (κ2) is 9.66. The minimum Gasteiger partial charge on any atom is -0.384 e. The summed E-state index contributed by atoms with van der Waals surface area (Å²) in [6.07, 6.45) is 1.07. The van der Waals surface area contributed by atoms with Crippen molar-refractivity contribution >= 4 is 35.6 Å². The zero-order valence-electron chi connectivity index (χ0n) is 13.4. The number of likely N-dealkylation sites (tertiary alicyclic amines) is 1. The highest BCUT2D eigenvalue weighted by Gasteiger charge is 2.25. The zero-order valence-corrected chi connectivity index (χ0v) is 15.7. The smallest absolute Gasteiger partial charge is 0.274 e. The fourth-order valence-electron chi connectivity index (χ4n) is 2.74. The molecule has 0 aromatic heterocycles. The third-order valence-electron chi connectivity index (χ3n) is 3.82. The van der Waals surface area contributed by atoms with E-state index in [0.717, 1.165) is 32.1 Å². The van der Waals surface area contributed by atoms with Crippen LogP contribution in [0.3, 0.4) is 0 Å². The van der Waals surface area contributed by atoms with Crippen LogP contribution in [0, 0.1) is 16.0 Å². The van der Waals surface area contributed by atoms with Crippen LogP contribution < -0.4 is 5.32 Å². The van der Waals surface area contributed by atoms with Crippen LogP contribution in [-0.4, -0.2) is 49.6 Å². The number of halogens is 1. The van der Waals surface area contributed by atoms with Gasteiger partial charge in [-0.3, -0.25) is 15.1 Å². The highest BCUT2D eigenvalue weighted by atomic mass is 127. The van der Waals surface area contributed by atoms with Crippen LogP contribution in [0.1, 0.15) is 12.0 Å². The van der Waals surface area contributed by atoms with Crippen LogP contribution in [0.15, 0.2) is 29.3 Å². The molecule has 1 heterocycles. The quantitative estimate of drug-likeness (QED) is 0.253. The predicted molar refractivity (Wildman–Crippen MR) is 100 cm³/mol. The minimum atomic E-state index is -0.357. The predicted octanol–water partition coefficient (Wildman–Crippen LogP) is 2.26. The molecule has 1 unspecified atom stereocenters. The largest absolute Gasteiger partial charge is 0.384 e. The van der Waals surface area contributed by atoms with Gasteiger partial charge in [-0.1, -0.05) is 18.2 Å². The molecule has 1 aromatic rings. The van der Waals surface area contributed by atoms with Crippen molar-refractivity contribution in [2.75, 3.05) is 33.9 Å². The Balaban J connectivity index is 0.00000264. The Labute approximate surface area is 153 Å². The fourth-order valence-corrected chi connectivity index (χ4v) is 2.74. The SMILES string of the molecule is CN=C(NCc1ccccc1[N+](=O)[O-])N1CCC(COC)C1.I. The Morgan fingerprint density at radius 2 is 2.26 bits per heavy atom. The molecule has 0 bridgehead atoms. The molecule has 1 aliphatic rings. The highest BCUT2D eigenvalue weighted by molar-refractivity contribution is 14.0. The summed E-state index contributed by atoms with van der Waals surface area (Å²) in [6.45, 7) is 2.95. The first-order chi connectivity index (χ1) is 10.7. The van der Waals surface area contributed by atoms with E-state index in [1.54, 1.807) is 32.4 Å². The zero-order chi connectivity index (χ0) is 15.9. The van der Waals surface area contributed by atoms with Crippen molar-refractivity contribution in [1.29, 1.82) is 0 Å². The molecule has 0 radical (unpaired) electrons. The number of nitrogens with one attached hydrogen (secondary N) is 1. The molecule has 1 aliphatic heterocycles. The fraction of sp³-hybridized carbons (Fsp3) is 0.533. The van der Waals surface area contributed by atoms with Gasteiger partial charge in [0.25, 0.3) is 5.69 Å². The normalized spacial score (nSPS) is 17.7. The summed E-state index contributed by atoms with van der Waals surface area (Å²) >= 11 is 0. The van der Waals surface area contributed by atoms with Crippen molar-refractivity contribution in [3.05, 3.63) is 39.9 Å². The molecule has 0 amide bonds. The average Bonchev–Trinajstić information content (AvgIpc) is 2.97. The number of ether oxygens (including phenoxy) is 1. The molecule has 1 saturated heterocycles. The van der Waals surface area contributed by atoms with Gasteiger partial charge in [-0.25, -0.2) is 0 Å². The number of nitrogens with zero attached hydrogens (tertiary/aromatic N) is 3. The van der Waals surface area contributed by atoms with E-state index in [9.17, 15) is 10.1 Å². The average molecular weight is 434 g/mol. The molecule has 1 fully saturated rings. The Bertz CT molecular complexity index is 553. The molecular weight excluding hydrogens is 411 g/mol. The van der Waals surface area contributed by atoms with Gasteiger partial charge >= 0.3 is 0 Å². The monoisotopic (exact) mass is 434 g/mol. The van der Waals surface area contributed by atoms with Crippen molar-refractivity contribution in [1.82, 2.24) is 10.2 Å². The molecule has 0 spiro atoms. The summed E-state index contributed by atoms with van der Waals surface area (Å²) in [5.74, 6) is 1.28. The number of para-hydroxylation sites is 1. The van der Waals surface area contributed by atoms with Crippen molar-refractivity contribution in [2.45, 2.75) is 13.0 Å². The first-order valence-electron chi connectivity index (χ1n) is 7.32. The summed E-state index contributed by atoms with van der Waals surface area (Å²) in [4.78, 5) is 17.1. The molecule has 1 atom stereocenters. The van der Waals surface area contributed by atoms with E-state index in [2.05, 4.69) is 15.2 Å². The number of aliphatic imine (C=N–C) groups is 1. The molecule has 23 heavy (non-hydrogen) atoms. The van der Waals surface area contributed by atoms with Gasteiger partial charge in [0, 0.05) is 51.3 Å². The molecule has 2 rings (SSSR count). The maximum atomic E-state index is 11.0. The summed E-state index contributed by atoms with van der Waals surface area (Å²) in [6, 6.07) is 6.75. The van der Waals surface area contributed by atoms with Gasteiger partial charge in [0.2, 0.25) is 0 Å². The van der Waals surface area contributed by atoms with Crippen molar-refractivity contribution in [2.24, 2.45) is 10.9 Å². The second-order valence-corrected chi connectivity index (χ2v) is 5.34. The van der Waals surface area contributed by atoms with Crippen LogP contribution in [0.25, 0.3) is 0 Å². The lowest BCUT2D eigenvalue weighted by Gasteiger charge is -2.21. The number of guanidine groups is 1. The van der Waals surface area contributed by atoms with E-state index in [-0.39, 0.29) is 34.6 Å². The van der Waals surface area contributed by atoms with Crippen LogP contribution in [0.2, 0.25) is 0 Å². The molecule has 1 N–H and O–H groups in total. The molecule has 128 valence electrons. The lowest BCUT2D eigenvalue weighted by Crippen LogP contribution is -2.39. The lowest BCUT2D eigenvalue weighted by atomic mass is 10.1. The third-order valence-corrected chi connectivity index (χ3v) is 3.82. The molecule has 0 aliphatic carbocycles. The number of benzene rings is 1. The topological polar surface area (TPSA) is 80.0 Å². The summed E-state index contributed by atoms with van der Waals surface area (Å²) in [5.41, 5.74) is 0.783. The molecule has 8 heteroatoms. The van der Waals surface area contributed by atoms with Gasteiger partial charge in [-0.05, 0) is 6.42 Å². The first kappa shape index (κ1) is 19.6. The van der Waals surface area contributed by atoms with Gasteiger partial charge in [-0.15, -0.1) is 24.0 Å². The Morgan fingerprint density at radius 1 is 1.52 bits per heavy atom. The van der Waals surface area contributed by atoms with Gasteiger partial charge < -0.3 is 15.0 Å². The second-order valence-electron chi connectivity index (χ2n) is 5.34. The van der Waals surface area contributed by atoms with Gasteiger partial charge in [-0.2, -0.15) is 0 Å². The Morgan fingerprint density at radius 3 is 2.91 bits per heavy atom. The first-order valence-corrected chi connectivity index (χ1v) is 7.32. The maximum Gasteiger partial charge on any atom is 0.274 e. The number of hydrogen-bond donors (Lipinski definition) is 1. The summed E-state index contributed by atoms with van der Waals surface area (Å²) < 4.78 is 5.20. The van der Waals surface area contributed by atoms with Crippen molar-refractivity contribution in [3.8, 4) is 0 Å². The molecule has 0 saturated carbocycles. The standard InChI is InChI=1S/C15H22N4O3.HI/c1-16-15(18-8-7-12(10-18)11-22-2)17-9-13-5-3-4-6-14(13)19(20)21;/h3-6,12H,7-11H2,1-2H3,(H,16,17);1H. The number of nitro groups is 1. The molecule has 7 nitrogen and oxygen atoms in total. The third kappa shape index (κ3) is 5.31. The van der Waals surface area contributed by atoms with Crippen LogP contribution >= 0.6 is 24.0 Å². The van der Waals surface area contributed by atoms with Crippen molar-refractivity contribution in [3.63, 3.8) is 0 Å². The van der Waals surface area contributed by atoms with E-state index in [1.807, 2.05) is 0 Å². The number of methoxy groups -OCH3 is 1. The van der Waals surface area contributed by atoms with E-state index >= 15 is 0 Å². The van der Waals surface area contributed by atoms with E-state index in [4.69, 9.17) is 4.74 Å². The molecular formula is C15H23IN4O3. The molecule has 1 aromatic carbocycles. The summed E-state index contributed by atoms with van der Waals surface area (Å²) in [7, 11) is 3.44. The maximum absolute atomic E-state index is 11.0. The van der Waals surface area contributed by atoms with Crippen LogP contribution in [-0.2, 0) is 11.3 Å². The number of hydrogen-bond acceptors (Lipinski definition) is 4. The van der Waals surface area contributed by atoms with E-state index in [1.165, 1.54) is 6.07 Å². The van der Waals surface area contributed by atoms with Crippen LogP contribution in [0.4, 0.5) is 5.69 Å². The number of rotatable bonds is 5.